The van der Waals surface area contributed by atoms with Gasteiger partial charge in [-0.15, -0.1) is 0 Å². The molecule has 0 radical (unpaired) electrons. The first-order chi connectivity index (χ1) is 21.2. The SMILES string of the molecule is NCC(=O)NC(CO[C@@H]1O[C@H](CO)[C@H](O)[C@H](O)[C@H]1O)(CO[C@@H]1O[C@H](CO)[C@H](O)[C@H](O)[C@H]1O)CO[C@@H]1O[C@H](CO)[C@H](O)[C@H](O)[C@H]1O. The molecule has 0 spiro atoms. The van der Waals surface area contributed by atoms with Crippen LogP contribution in [-0.4, -0.2) is 211 Å². The summed E-state index contributed by atoms with van der Waals surface area (Å²) in [6.07, 6.45) is -25.7. The lowest BCUT2D eigenvalue weighted by molar-refractivity contribution is -0.324. The molecule has 0 aliphatic carbocycles. The Morgan fingerprint density at radius 1 is 0.556 bits per heavy atom. The van der Waals surface area contributed by atoms with Crippen molar-refractivity contribution < 1.29 is 94.5 Å². The maximum absolute atomic E-state index is 12.6. The standard InChI is InChI=1S/C24H44N2O19/c25-1-11(30)26-24(5-40-21-18(37)15(34)12(31)8(2-27)43-21,6-41-22-19(38)16(35)13(32)9(3-28)44-22)7-42-23-20(39)17(36)14(33)10(4-29)45-23/h8-10,12-23,27-29,31-39H,1-7,25H2,(H,26,30)/t8-,9-,10-,12+,13+,14+,15+,16+,17+,18-,19-,20-,21-,22-,23-/m1/s1. The average molecular weight is 665 g/mol. The molecule has 3 heterocycles. The van der Waals surface area contributed by atoms with E-state index in [4.69, 9.17) is 34.2 Å². The lowest BCUT2D eigenvalue weighted by atomic mass is 9.98. The molecule has 3 saturated heterocycles. The summed E-state index contributed by atoms with van der Waals surface area (Å²) in [5.74, 6) is -0.873. The van der Waals surface area contributed by atoms with Crippen molar-refractivity contribution in [2.45, 2.75) is 97.7 Å². The second-order valence-corrected chi connectivity index (χ2v) is 11.1. The van der Waals surface area contributed by atoms with Crippen LogP contribution >= 0.6 is 0 Å². The van der Waals surface area contributed by atoms with Gasteiger partial charge >= 0.3 is 0 Å². The first kappa shape index (κ1) is 38.2. The summed E-state index contributed by atoms with van der Waals surface area (Å²) in [7, 11) is 0. The van der Waals surface area contributed by atoms with E-state index in [9.17, 15) is 66.1 Å². The monoisotopic (exact) mass is 664 g/mol. The first-order valence-electron chi connectivity index (χ1n) is 14.0. The van der Waals surface area contributed by atoms with Gasteiger partial charge in [0.2, 0.25) is 5.91 Å². The van der Waals surface area contributed by atoms with Crippen molar-refractivity contribution in [3.8, 4) is 0 Å². The third-order valence-electron chi connectivity index (χ3n) is 7.71. The Labute approximate surface area is 255 Å². The zero-order chi connectivity index (χ0) is 33.6. The molecule has 0 unspecified atom stereocenters. The Morgan fingerprint density at radius 2 is 0.844 bits per heavy atom. The van der Waals surface area contributed by atoms with Crippen molar-refractivity contribution in [2.75, 3.05) is 46.2 Å². The van der Waals surface area contributed by atoms with Crippen LogP contribution in [0.15, 0.2) is 0 Å². The Bertz CT molecular complexity index is 818. The van der Waals surface area contributed by atoms with Gasteiger partial charge in [-0.2, -0.15) is 0 Å². The number of hydrogen-bond donors (Lipinski definition) is 14. The van der Waals surface area contributed by atoms with Gasteiger partial charge in [-0.05, 0) is 0 Å². The molecule has 15 atom stereocenters. The average Bonchev–Trinajstić information content (AvgIpc) is 3.04. The second-order valence-electron chi connectivity index (χ2n) is 11.1. The van der Waals surface area contributed by atoms with E-state index in [0.717, 1.165) is 0 Å². The van der Waals surface area contributed by atoms with Crippen LogP contribution in [0.3, 0.4) is 0 Å². The smallest absolute Gasteiger partial charge is 0.234 e. The summed E-state index contributed by atoms with van der Waals surface area (Å²) >= 11 is 0. The predicted molar refractivity (Wildman–Crippen MR) is 139 cm³/mol. The largest absolute Gasteiger partial charge is 0.394 e. The summed E-state index contributed by atoms with van der Waals surface area (Å²) < 4.78 is 32.8. The molecule has 21 nitrogen and oxygen atoms in total. The van der Waals surface area contributed by atoms with Crippen molar-refractivity contribution in [3.63, 3.8) is 0 Å². The number of nitrogens with one attached hydrogen (secondary N) is 1. The molecule has 15 N–H and O–H groups in total. The molecule has 0 aromatic heterocycles. The van der Waals surface area contributed by atoms with Crippen LogP contribution in [0.25, 0.3) is 0 Å². The van der Waals surface area contributed by atoms with E-state index in [1.807, 2.05) is 0 Å². The summed E-state index contributed by atoms with van der Waals surface area (Å²) in [6, 6.07) is 0. The minimum absolute atomic E-state index is 0.623. The van der Waals surface area contributed by atoms with Gasteiger partial charge in [-0.1, -0.05) is 0 Å². The van der Waals surface area contributed by atoms with E-state index < -0.39 is 150 Å². The molecule has 0 bridgehead atoms. The fourth-order valence-corrected chi connectivity index (χ4v) is 4.92. The second kappa shape index (κ2) is 16.7. The minimum Gasteiger partial charge on any atom is -0.394 e. The Hall–Kier alpha value is -1.29. The van der Waals surface area contributed by atoms with Crippen molar-refractivity contribution >= 4 is 5.91 Å². The van der Waals surface area contributed by atoms with E-state index >= 15 is 0 Å². The molecule has 3 aliphatic rings. The molecule has 1 amide bonds. The fourth-order valence-electron chi connectivity index (χ4n) is 4.92. The lowest BCUT2D eigenvalue weighted by Crippen LogP contribution is -2.65. The normalized spacial score (nSPS) is 42.8. The molecule has 3 aliphatic heterocycles. The van der Waals surface area contributed by atoms with Crippen LogP contribution in [0.5, 0.6) is 0 Å². The van der Waals surface area contributed by atoms with E-state index in [0.29, 0.717) is 0 Å². The first-order valence-corrected chi connectivity index (χ1v) is 14.0. The lowest BCUT2D eigenvalue weighted by Gasteiger charge is -2.44. The zero-order valence-corrected chi connectivity index (χ0v) is 23.9. The van der Waals surface area contributed by atoms with Crippen LogP contribution in [0.4, 0.5) is 0 Å². The third-order valence-corrected chi connectivity index (χ3v) is 7.71. The minimum atomic E-state index is -1.99. The number of aliphatic hydroxyl groups is 12. The number of ether oxygens (including phenoxy) is 6. The quantitative estimate of drug-likeness (QED) is 0.0819. The van der Waals surface area contributed by atoms with E-state index in [1.54, 1.807) is 0 Å². The highest BCUT2D eigenvalue weighted by molar-refractivity contribution is 5.78. The highest BCUT2D eigenvalue weighted by Gasteiger charge is 2.49. The summed E-state index contributed by atoms with van der Waals surface area (Å²) in [6.45, 7) is -5.34. The summed E-state index contributed by atoms with van der Waals surface area (Å²) in [5, 5.41) is 123. The van der Waals surface area contributed by atoms with Crippen molar-refractivity contribution in [2.24, 2.45) is 5.73 Å². The van der Waals surface area contributed by atoms with E-state index in [2.05, 4.69) is 5.32 Å². The molecule has 3 rings (SSSR count). The van der Waals surface area contributed by atoms with Gasteiger partial charge < -0.3 is 101 Å². The van der Waals surface area contributed by atoms with Crippen LogP contribution in [0, 0.1) is 0 Å². The van der Waals surface area contributed by atoms with Crippen LogP contribution in [-0.2, 0) is 33.2 Å². The van der Waals surface area contributed by atoms with Gasteiger partial charge in [0.1, 0.15) is 78.8 Å². The highest BCUT2D eigenvalue weighted by atomic mass is 16.7. The summed E-state index contributed by atoms with van der Waals surface area (Å²) in [4.78, 5) is 12.6. The highest BCUT2D eigenvalue weighted by Crippen LogP contribution is 2.27. The van der Waals surface area contributed by atoms with Crippen molar-refractivity contribution in [1.82, 2.24) is 5.32 Å². The van der Waals surface area contributed by atoms with Gasteiger partial charge in [-0.25, -0.2) is 0 Å². The van der Waals surface area contributed by atoms with E-state index in [-0.39, 0.29) is 0 Å². The number of rotatable bonds is 14. The molecule has 21 heteroatoms. The Balaban J connectivity index is 1.89. The molecule has 0 aromatic rings. The van der Waals surface area contributed by atoms with Crippen LogP contribution < -0.4 is 11.1 Å². The Morgan fingerprint density at radius 3 is 1.09 bits per heavy atom. The topological polar surface area (TPSA) is 353 Å². The number of carbonyl (C=O) groups is 1. The van der Waals surface area contributed by atoms with Gasteiger partial charge in [0.25, 0.3) is 0 Å². The molecular formula is C24H44N2O19. The maximum Gasteiger partial charge on any atom is 0.234 e. The van der Waals surface area contributed by atoms with Gasteiger partial charge in [0, 0.05) is 0 Å². The van der Waals surface area contributed by atoms with E-state index in [1.165, 1.54) is 0 Å². The molecule has 0 aromatic carbocycles. The van der Waals surface area contributed by atoms with Crippen molar-refractivity contribution in [3.05, 3.63) is 0 Å². The number of nitrogens with two attached hydrogens (primary N) is 1. The molecule has 3 fully saturated rings. The van der Waals surface area contributed by atoms with Crippen LogP contribution in [0.1, 0.15) is 0 Å². The molecule has 0 saturated carbocycles. The summed E-state index contributed by atoms with van der Waals surface area (Å²) in [5.41, 5.74) is 3.48. The number of hydrogen-bond acceptors (Lipinski definition) is 20. The fraction of sp³-hybridized carbons (Fsp3) is 0.958. The van der Waals surface area contributed by atoms with Gasteiger partial charge in [0.15, 0.2) is 18.9 Å². The van der Waals surface area contributed by atoms with Gasteiger partial charge in [-0.3, -0.25) is 4.79 Å². The molecular weight excluding hydrogens is 620 g/mol. The number of carbonyl (C=O) groups excluding carboxylic acids is 1. The third kappa shape index (κ3) is 8.80. The molecule has 264 valence electrons. The number of aliphatic hydroxyl groups excluding tert-OH is 12. The van der Waals surface area contributed by atoms with Gasteiger partial charge in [0.05, 0.1) is 46.2 Å². The predicted octanol–water partition coefficient (Wildman–Crippen LogP) is -9.75. The van der Waals surface area contributed by atoms with Crippen molar-refractivity contribution in [1.29, 1.82) is 0 Å². The zero-order valence-electron chi connectivity index (χ0n) is 23.9. The number of amides is 1. The molecule has 45 heavy (non-hydrogen) atoms. The maximum atomic E-state index is 12.6. The van der Waals surface area contributed by atoms with Crippen LogP contribution in [0.2, 0.25) is 0 Å². The Kier molecular flexibility index (Phi) is 14.2.